The molecule has 0 aromatic rings. The van der Waals surface area contributed by atoms with Gasteiger partial charge < -0.3 is 4.74 Å². The van der Waals surface area contributed by atoms with Gasteiger partial charge in [-0.25, -0.2) is 0 Å². The Labute approximate surface area is 102 Å². The van der Waals surface area contributed by atoms with Gasteiger partial charge in [-0.2, -0.15) is 0 Å². The number of carbonyl (C=O) groups excluding carboxylic acids is 1. The first-order chi connectivity index (χ1) is 7.40. The normalized spacial score (nSPS) is 13.8. The molecule has 0 unspecified atom stereocenters. The Morgan fingerprint density at radius 3 is 2.25 bits per heavy atom. The van der Waals surface area contributed by atoms with Crippen molar-refractivity contribution in [2.75, 3.05) is 6.61 Å². The molecule has 0 aromatic heterocycles. The topological polar surface area (TPSA) is 26.3 Å². The fourth-order valence-corrected chi connectivity index (χ4v) is 2.24. The zero-order valence-electron chi connectivity index (χ0n) is 11.6. The Bertz CT molecular complexity index is 197. The molecule has 0 amide bonds. The minimum atomic E-state index is -1.04. The van der Waals surface area contributed by atoms with E-state index in [1.54, 1.807) is 0 Å². The Balaban J connectivity index is 3.98. The second kappa shape index (κ2) is 8.01. The highest BCUT2D eigenvalue weighted by molar-refractivity contribution is 6.76. The van der Waals surface area contributed by atoms with Crippen molar-refractivity contribution in [2.24, 2.45) is 0 Å². The number of rotatable bonds is 9. The maximum atomic E-state index is 11.8. The molecule has 0 aliphatic carbocycles. The molecule has 3 heteroatoms. The van der Waals surface area contributed by atoms with E-state index < -0.39 is 8.07 Å². The molecule has 0 saturated carbocycles. The van der Waals surface area contributed by atoms with Crippen LogP contribution in [0.25, 0.3) is 0 Å². The Hall–Kier alpha value is -0.153. The third kappa shape index (κ3) is 8.05. The van der Waals surface area contributed by atoms with Gasteiger partial charge in [0.1, 0.15) is 6.10 Å². The van der Waals surface area contributed by atoms with Gasteiger partial charge in [0.2, 0.25) is 0 Å². The number of ketones is 1. The van der Waals surface area contributed by atoms with Crippen LogP contribution in [0.15, 0.2) is 0 Å². The van der Waals surface area contributed by atoms with Crippen LogP contribution in [0.3, 0.4) is 0 Å². The summed E-state index contributed by atoms with van der Waals surface area (Å²) >= 11 is 0. The highest BCUT2D eigenvalue weighted by atomic mass is 28.3. The molecular weight excluding hydrogens is 216 g/mol. The van der Waals surface area contributed by atoms with Crippen LogP contribution in [0.1, 0.15) is 39.5 Å². The zero-order valence-corrected chi connectivity index (χ0v) is 12.6. The summed E-state index contributed by atoms with van der Waals surface area (Å²) in [5, 5.41) is 0. The van der Waals surface area contributed by atoms with Crippen LogP contribution in [-0.4, -0.2) is 26.6 Å². The maximum absolute atomic E-state index is 11.8. The minimum absolute atomic E-state index is 0.138. The summed E-state index contributed by atoms with van der Waals surface area (Å²) in [4.78, 5) is 11.8. The summed E-state index contributed by atoms with van der Waals surface area (Å²) in [6.07, 6.45) is 3.35. The van der Waals surface area contributed by atoms with Gasteiger partial charge in [-0.15, -0.1) is 0 Å². The van der Waals surface area contributed by atoms with E-state index in [-0.39, 0.29) is 6.10 Å². The third-order valence-corrected chi connectivity index (χ3v) is 4.28. The van der Waals surface area contributed by atoms with E-state index in [1.807, 2.05) is 6.92 Å². The molecule has 0 aliphatic rings. The lowest BCUT2D eigenvalue weighted by Crippen LogP contribution is -2.28. The smallest absolute Gasteiger partial charge is 0.161 e. The van der Waals surface area contributed by atoms with Gasteiger partial charge in [0.15, 0.2) is 5.78 Å². The van der Waals surface area contributed by atoms with Crippen LogP contribution < -0.4 is 0 Å². The Kier molecular flexibility index (Phi) is 7.94. The lowest BCUT2D eigenvalue weighted by atomic mass is 10.1. The van der Waals surface area contributed by atoms with Crippen LogP contribution in [0, 0.1) is 0 Å². The average molecular weight is 244 g/mol. The van der Waals surface area contributed by atoms with Gasteiger partial charge in [0, 0.05) is 21.1 Å². The molecule has 2 nitrogen and oxygen atoms in total. The fourth-order valence-electron chi connectivity index (χ4n) is 1.51. The van der Waals surface area contributed by atoms with Crippen LogP contribution in [0.5, 0.6) is 0 Å². The molecular formula is C13H28O2Si. The summed E-state index contributed by atoms with van der Waals surface area (Å²) in [7, 11) is -1.04. The first kappa shape index (κ1) is 15.8. The second-order valence-corrected chi connectivity index (χ2v) is 11.3. The molecule has 0 N–H and O–H groups in total. The highest BCUT2D eigenvalue weighted by Crippen LogP contribution is 2.12. The number of carbonyl (C=O) groups is 1. The van der Waals surface area contributed by atoms with E-state index >= 15 is 0 Å². The molecule has 0 fully saturated rings. The molecule has 0 aromatic carbocycles. The largest absolute Gasteiger partial charge is 0.371 e. The average Bonchev–Trinajstić information content (AvgIpc) is 2.15. The summed E-state index contributed by atoms with van der Waals surface area (Å²) < 4.78 is 5.76. The molecule has 0 aliphatic heterocycles. The number of hydrogen-bond acceptors (Lipinski definition) is 2. The molecule has 0 radical (unpaired) electrons. The van der Waals surface area contributed by atoms with Crippen molar-refractivity contribution in [1.29, 1.82) is 0 Å². The predicted molar refractivity (Wildman–Crippen MR) is 72.7 cm³/mol. The van der Waals surface area contributed by atoms with E-state index in [2.05, 4.69) is 26.6 Å². The van der Waals surface area contributed by atoms with Crippen molar-refractivity contribution >= 4 is 13.9 Å². The van der Waals surface area contributed by atoms with E-state index in [9.17, 15) is 4.79 Å². The molecule has 0 bridgehead atoms. The van der Waals surface area contributed by atoms with Gasteiger partial charge in [-0.1, -0.05) is 39.9 Å². The van der Waals surface area contributed by atoms with Crippen molar-refractivity contribution in [3.8, 4) is 0 Å². The first-order valence-electron chi connectivity index (χ1n) is 6.55. The van der Waals surface area contributed by atoms with Gasteiger partial charge in [-0.05, 0) is 18.9 Å². The third-order valence-electron chi connectivity index (χ3n) is 2.58. The molecule has 0 heterocycles. The van der Waals surface area contributed by atoms with Crippen LogP contribution in [-0.2, 0) is 9.53 Å². The van der Waals surface area contributed by atoms with Crippen molar-refractivity contribution in [3.63, 3.8) is 0 Å². The predicted octanol–water partition coefficient (Wildman–Crippen LogP) is 3.88. The van der Waals surface area contributed by atoms with Gasteiger partial charge in [-0.3, -0.25) is 4.79 Å². The van der Waals surface area contributed by atoms with E-state index in [4.69, 9.17) is 4.74 Å². The number of Topliss-reactive ketones (excluding diaryl/α,β-unsaturated/α-hetero) is 1. The molecule has 0 spiro atoms. The quantitative estimate of drug-likeness (QED) is 0.575. The lowest BCUT2D eigenvalue weighted by Gasteiger charge is -2.20. The SMILES string of the molecule is CCCC(=O)[C@@H](CCC)OCC[Si](C)(C)C. The van der Waals surface area contributed by atoms with Crippen LogP contribution in [0.4, 0.5) is 0 Å². The number of hydrogen-bond donors (Lipinski definition) is 0. The van der Waals surface area contributed by atoms with Crippen LogP contribution in [0.2, 0.25) is 25.7 Å². The molecule has 96 valence electrons. The molecule has 0 rings (SSSR count). The van der Waals surface area contributed by atoms with Gasteiger partial charge >= 0.3 is 0 Å². The van der Waals surface area contributed by atoms with Crippen molar-refractivity contribution in [3.05, 3.63) is 0 Å². The lowest BCUT2D eigenvalue weighted by molar-refractivity contribution is -0.130. The fraction of sp³-hybridized carbons (Fsp3) is 0.923. The summed E-state index contributed by atoms with van der Waals surface area (Å²) in [5.41, 5.74) is 0. The van der Waals surface area contributed by atoms with Crippen LogP contribution >= 0.6 is 0 Å². The monoisotopic (exact) mass is 244 g/mol. The van der Waals surface area contributed by atoms with E-state index in [1.165, 1.54) is 0 Å². The van der Waals surface area contributed by atoms with E-state index in [0.717, 1.165) is 31.9 Å². The highest BCUT2D eigenvalue weighted by Gasteiger charge is 2.19. The van der Waals surface area contributed by atoms with Gasteiger partial charge in [0.05, 0.1) is 0 Å². The number of ether oxygens (including phenoxy) is 1. The molecule has 1 atom stereocenters. The molecule has 0 saturated heterocycles. The zero-order chi connectivity index (χ0) is 12.6. The maximum Gasteiger partial charge on any atom is 0.161 e. The summed E-state index contributed by atoms with van der Waals surface area (Å²) in [6.45, 7) is 11.9. The summed E-state index contributed by atoms with van der Waals surface area (Å²) in [5.74, 6) is 0.292. The van der Waals surface area contributed by atoms with Gasteiger partial charge in [0.25, 0.3) is 0 Å². The Morgan fingerprint density at radius 2 is 1.81 bits per heavy atom. The van der Waals surface area contributed by atoms with Crippen molar-refractivity contribution in [1.82, 2.24) is 0 Å². The van der Waals surface area contributed by atoms with Crippen molar-refractivity contribution < 1.29 is 9.53 Å². The standard InChI is InChI=1S/C13H28O2Si/c1-6-8-12(14)13(9-7-2)15-10-11-16(3,4)5/h13H,6-11H2,1-5H3/t13-/m1/s1. The Morgan fingerprint density at radius 1 is 1.19 bits per heavy atom. The van der Waals surface area contributed by atoms with E-state index in [0.29, 0.717) is 12.2 Å². The van der Waals surface area contributed by atoms with Crippen molar-refractivity contribution in [2.45, 2.75) is 71.3 Å². The summed E-state index contributed by atoms with van der Waals surface area (Å²) in [6, 6.07) is 1.15. The second-order valence-electron chi connectivity index (χ2n) is 5.68. The molecule has 16 heavy (non-hydrogen) atoms. The first-order valence-corrected chi connectivity index (χ1v) is 10.3. The minimum Gasteiger partial charge on any atom is -0.371 e.